The number of hydrogen-bond acceptors (Lipinski definition) is 11. The maximum Gasteiger partial charge on any atom is 0.306 e. The summed E-state index contributed by atoms with van der Waals surface area (Å²) in [5, 5.41) is 7.37. The van der Waals surface area contributed by atoms with E-state index in [0.29, 0.717) is 45.3 Å². The van der Waals surface area contributed by atoms with Crippen LogP contribution in [-0.2, 0) is 41.8 Å². The van der Waals surface area contributed by atoms with Gasteiger partial charge in [0.05, 0.1) is 18.4 Å². The van der Waals surface area contributed by atoms with Crippen LogP contribution in [0.1, 0.15) is 131 Å². The van der Waals surface area contributed by atoms with Gasteiger partial charge in [0.2, 0.25) is 18.2 Å². The standard InChI is InChI=1S/C34H48N2O5S2.C7H14N2O2.3C2H6.H2OS/c1-24(2)19-31(37)40-30-20-32(43(7,8)23-30)41-36(22-28-12-10-9-11-27(28)17-18-34(4,5)42)25(3)33(38)35-21-26-13-15-29(39-6)16-14-26;8-7(11)4-2-1-3-5-9-6-10;4*1-2/h9-16,24-25,30,32,42H,19-23H2,1-8H3,(H,35,38);6H,1-5H2,(H2,8,11)(H,9,10);3*1-2H3;1-2H. The number of unbranched alkanes of at least 4 members (excludes halogenated alkanes) is 2. The molecule has 1 aliphatic rings. The van der Waals surface area contributed by atoms with Crippen LogP contribution in [0.4, 0.5) is 0 Å². The molecule has 62 heavy (non-hydrogen) atoms. The average Bonchev–Trinajstić information content (AvgIpc) is 3.53. The molecule has 1 fully saturated rings. The van der Waals surface area contributed by atoms with E-state index in [-0.39, 0.29) is 35.2 Å². The summed E-state index contributed by atoms with van der Waals surface area (Å²) < 4.78 is 17.3. The van der Waals surface area contributed by atoms with E-state index >= 15 is 0 Å². The first kappa shape index (κ1) is 62.9. The summed E-state index contributed by atoms with van der Waals surface area (Å²) in [4.78, 5) is 52.7. The SMILES string of the molecule is CC.CC.CC.COc1ccc(CNC(=O)C(C)N(Cc2ccccc2C#CC(C)(C)S)OC2CC(OC(=O)CC(C)C)CS2(C)C)cc1.NC(=O)CCCCCNC=O.OS. The minimum Gasteiger partial charge on any atom is -0.497 e. The molecular weight excluding hydrogens is 845 g/mol. The Morgan fingerprint density at radius 2 is 1.58 bits per heavy atom. The number of thiol groups is 2. The number of carbonyl (C=O) groups is 4. The first-order valence-corrected chi connectivity index (χ1v) is 25.2. The molecule has 3 rings (SSSR count). The minimum atomic E-state index is -1.28. The molecule has 5 N–H and O–H groups in total. The molecule has 2 aromatic rings. The second kappa shape index (κ2) is 37.0. The number of esters is 1. The van der Waals surface area contributed by atoms with Gasteiger partial charge in [0.15, 0.2) is 0 Å². The Morgan fingerprint density at radius 3 is 2.11 bits per heavy atom. The van der Waals surface area contributed by atoms with Gasteiger partial charge in [0.25, 0.3) is 0 Å². The molecule has 0 spiro atoms. The highest BCUT2D eigenvalue weighted by Crippen LogP contribution is 2.55. The van der Waals surface area contributed by atoms with Crippen LogP contribution < -0.4 is 21.1 Å². The molecule has 2 aromatic carbocycles. The normalized spacial score (nSPS) is 15.4. The summed E-state index contributed by atoms with van der Waals surface area (Å²) in [5.41, 5.74) is 7.54. The molecular formula is C47H82N4O8S3. The number of nitrogens with one attached hydrogen (secondary N) is 2. The van der Waals surface area contributed by atoms with Crippen molar-refractivity contribution in [2.24, 2.45) is 11.7 Å². The molecule has 12 nitrogen and oxygen atoms in total. The zero-order chi connectivity index (χ0) is 48.3. The third-order valence-electron chi connectivity index (χ3n) is 8.52. The highest BCUT2D eigenvalue weighted by atomic mass is 32.3. The summed E-state index contributed by atoms with van der Waals surface area (Å²) in [6.45, 7) is 23.2. The summed E-state index contributed by atoms with van der Waals surface area (Å²) in [6.07, 6.45) is 8.98. The first-order valence-electron chi connectivity index (χ1n) is 21.7. The van der Waals surface area contributed by atoms with Crippen LogP contribution in [0.2, 0.25) is 0 Å². The molecule has 0 bridgehead atoms. The van der Waals surface area contributed by atoms with Gasteiger partial charge in [-0.25, -0.2) is 10.0 Å². The molecule has 1 aliphatic heterocycles. The molecule has 356 valence electrons. The number of ether oxygens (including phenoxy) is 2. The van der Waals surface area contributed by atoms with E-state index in [4.69, 9.17) is 24.6 Å². The molecule has 0 aliphatic carbocycles. The third kappa shape index (κ3) is 29.1. The van der Waals surface area contributed by atoms with E-state index in [1.807, 2.05) is 125 Å². The van der Waals surface area contributed by atoms with Gasteiger partial charge in [-0.05, 0) is 94.3 Å². The van der Waals surface area contributed by atoms with Crippen molar-refractivity contribution >= 4 is 59.8 Å². The van der Waals surface area contributed by atoms with E-state index in [9.17, 15) is 19.2 Å². The van der Waals surface area contributed by atoms with Crippen LogP contribution in [-0.4, -0.2) is 88.1 Å². The number of hydroxylamine groups is 2. The lowest BCUT2D eigenvalue weighted by atomic mass is 10.1. The van der Waals surface area contributed by atoms with E-state index in [1.54, 1.807) is 12.2 Å². The van der Waals surface area contributed by atoms with Gasteiger partial charge < -0.3 is 30.4 Å². The molecule has 1 saturated heterocycles. The van der Waals surface area contributed by atoms with Crippen LogP contribution in [0, 0.1) is 17.8 Å². The fourth-order valence-corrected chi connectivity index (χ4v) is 8.01. The van der Waals surface area contributed by atoms with Crippen LogP contribution in [0.5, 0.6) is 5.75 Å². The first-order chi connectivity index (χ1) is 29.4. The smallest absolute Gasteiger partial charge is 0.306 e. The van der Waals surface area contributed by atoms with Crippen molar-refractivity contribution in [1.29, 1.82) is 0 Å². The average molecular weight is 927 g/mol. The number of benzene rings is 2. The number of amides is 3. The Labute approximate surface area is 388 Å². The van der Waals surface area contributed by atoms with E-state index in [2.05, 4.69) is 60.5 Å². The largest absolute Gasteiger partial charge is 0.497 e. The lowest BCUT2D eigenvalue weighted by Crippen LogP contribution is -2.46. The van der Waals surface area contributed by atoms with Crippen LogP contribution in [0.25, 0.3) is 0 Å². The number of hydrogen-bond donors (Lipinski definition) is 6. The van der Waals surface area contributed by atoms with Gasteiger partial charge >= 0.3 is 5.97 Å². The molecule has 3 atom stereocenters. The lowest BCUT2D eigenvalue weighted by molar-refractivity contribution is -0.206. The molecule has 0 saturated carbocycles. The molecule has 0 radical (unpaired) electrons. The zero-order valence-corrected chi connectivity index (χ0v) is 42.8. The molecule has 15 heteroatoms. The highest BCUT2D eigenvalue weighted by molar-refractivity contribution is 8.33. The Morgan fingerprint density at radius 1 is 0.984 bits per heavy atom. The highest BCUT2D eigenvalue weighted by Gasteiger charge is 2.42. The van der Waals surface area contributed by atoms with Gasteiger partial charge in [-0.2, -0.15) is 17.7 Å². The number of rotatable bonds is 19. The predicted molar refractivity (Wildman–Crippen MR) is 267 cm³/mol. The fraction of sp³-hybridized carbons (Fsp3) is 0.617. The van der Waals surface area contributed by atoms with Crippen molar-refractivity contribution in [3.05, 3.63) is 65.2 Å². The Balaban J connectivity index is -0.00000155. The van der Waals surface area contributed by atoms with Crippen LogP contribution in [0.3, 0.4) is 0 Å². The van der Waals surface area contributed by atoms with Crippen molar-refractivity contribution in [3.63, 3.8) is 0 Å². The van der Waals surface area contributed by atoms with Crippen molar-refractivity contribution in [2.75, 3.05) is 31.9 Å². The van der Waals surface area contributed by atoms with Crippen molar-refractivity contribution in [2.45, 2.75) is 150 Å². The molecule has 3 unspecified atom stereocenters. The summed E-state index contributed by atoms with van der Waals surface area (Å²) in [7, 11) is 0.345. The lowest BCUT2D eigenvalue weighted by Gasteiger charge is -2.37. The zero-order valence-electron chi connectivity index (χ0n) is 40.2. The third-order valence-corrected chi connectivity index (χ3v) is 11.6. The molecule has 0 aromatic heterocycles. The number of nitrogens with zero attached hydrogens (tertiary/aromatic N) is 1. The van der Waals surface area contributed by atoms with Gasteiger partial charge in [0.1, 0.15) is 23.3 Å². The van der Waals surface area contributed by atoms with Crippen molar-refractivity contribution < 1.29 is 38.0 Å². The van der Waals surface area contributed by atoms with E-state index in [0.717, 1.165) is 47.5 Å². The Kier molecular flexibility index (Phi) is 37.6. The maximum atomic E-state index is 13.5. The summed E-state index contributed by atoms with van der Waals surface area (Å²) >= 11 is 7.09. The second-order valence-corrected chi connectivity index (χ2v) is 20.1. The number of nitrogens with two attached hydrogens (primary N) is 1. The summed E-state index contributed by atoms with van der Waals surface area (Å²) in [6, 6.07) is 14.9. The summed E-state index contributed by atoms with van der Waals surface area (Å²) in [5.74, 6) is 7.66. The van der Waals surface area contributed by atoms with Gasteiger partial charge in [-0.3, -0.25) is 24.0 Å². The van der Waals surface area contributed by atoms with Crippen molar-refractivity contribution in [3.8, 4) is 17.6 Å². The minimum absolute atomic E-state index is 0.151. The monoisotopic (exact) mass is 927 g/mol. The Hall–Kier alpha value is -3.39. The maximum absolute atomic E-state index is 13.5. The predicted octanol–water partition coefficient (Wildman–Crippen LogP) is 9.19. The quantitative estimate of drug-likeness (QED) is 0.0153. The van der Waals surface area contributed by atoms with Crippen LogP contribution >= 0.6 is 35.6 Å². The van der Waals surface area contributed by atoms with Gasteiger partial charge in [-0.15, -0.1) is 0 Å². The topological polar surface area (TPSA) is 170 Å². The van der Waals surface area contributed by atoms with E-state index in [1.165, 1.54) is 0 Å². The van der Waals surface area contributed by atoms with E-state index < -0.39 is 20.8 Å². The van der Waals surface area contributed by atoms with Gasteiger partial charge in [-0.1, -0.05) is 104 Å². The fourth-order valence-electron chi connectivity index (χ4n) is 5.50. The Bertz CT molecular complexity index is 1560. The molecule has 1 heterocycles. The van der Waals surface area contributed by atoms with Crippen molar-refractivity contribution in [1.82, 2.24) is 15.7 Å². The van der Waals surface area contributed by atoms with Gasteiger partial charge in [0, 0.05) is 43.7 Å². The number of methoxy groups -OCH3 is 1. The number of primary amides is 1. The molecule has 3 amide bonds. The number of carbonyl (C=O) groups excluding carboxylic acids is 4. The second-order valence-electron chi connectivity index (χ2n) is 14.9. The van der Waals surface area contributed by atoms with Crippen LogP contribution in [0.15, 0.2) is 48.5 Å².